The first kappa shape index (κ1) is 16.4. The first-order valence-electron chi connectivity index (χ1n) is 8.38. The van der Waals surface area contributed by atoms with Gasteiger partial charge >= 0.3 is 0 Å². The maximum Gasteiger partial charge on any atom is 0.260 e. The SMILES string of the molecule is CCc1nc(C)ccc1OCC(=O)N1CCC(n2cnnc2)CC1. The Kier molecular flexibility index (Phi) is 5.08. The van der Waals surface area contributed by atoms with E-state index in [-0.39, 0.29) is 12.5 Å². The molecule has 0 spiro atoms. The molecule has 7 nitrogen and oxygen atoms in total. The van der Waals surface area contributed by atoms with E-state index in [0.29, 0.717) is 11.8 Å². The minimum atomic E-state index is 0.0276. The van der Waals surface area contributed by atoms with Crippen molar-refractivity contribution in [3.8, 4) is 5.75 Å². The Bertz CT molecular complexity index is 678. The number of aromatic nitrogens is 4. The van der Waals surface area contributed by atoms with E-state index in [9.17, 15) is 4.79 Å². The lowest BCUT2D eigenvalue weighted by atomic mass is 10.1. The van der Waals surface area contributed by atoms with Crippen molar-refractivity contribution < 1.29 is 9.53 Å². The number of likely N-dealkylation sites (tertiary alicyclic amines) is 1. The summed E-state index contributed by atoms with van der Waals surface area (Å²) in [6, 6.07) is 4.18. The quantitative estimate of drug-likeness (QED) is 0.836. The Balaban J connectivity index is 1.51. The standard InChI is InChI=1S/C17H23N5O2/c1-3-15-16(5-4-13(2)20-15)24-10-17(23)21-8-6-14(7-9-21)22-11-18-19-12-22/h4-5,11-12,14H,3,6-10H2,1-2H3. The van der Waals surface area contributed by atoms with Gasteiger partial charge in [-0.15, -0.1) is 10.2 Å². The Morgan fingerprint density at radius 2 is 1.96 bits per heavy atom. The summed E-state index contributed by atoms with van der Waals surface area (Å²) in [4.78, 5) is 18.7. The Hall–Kier alpha value is -2.44. The zero-order valence-electron chi connectivity index (χ0n) is 14.2. The van der Waals surface area contributed by atoms with Gasteiger partial charge in [-0.2, -0.15) is 0 Å². The molecule has 0 aliphatic carbocycles. The Labute approximate surface area is 141 Å². The fraction of sp³-hybridized carbons (Fsp3) is 0.529. The minimum Gasteiger partial charge on any atom is -0.482 e. The second-order valence-electron chi connectivity index (χ2n) is 6.06. The number of nitrogens with zero attached hydrogens (tertiary/aromatic N) is 5. The number of aryl methyl sites for hydroxylation is 2. The molecule has 128 valence electrons. The van der Waals surface area contributed by atoms with Crippen molar-refractivity contribution in [1.29, 1.82) is 0 Å². The fourth-order valence-electron chi connectivity index (χ4n) is 3.02. The van der Waals surface area contributed by atoms with Crippen LogP contribution in [0.3, 0.4) is 0 Å². The summed E-state index contributed by atoms with van der Waals surface area (Å²) in [5, 5.41) is 7.69. The van der Waals surface area contributed by atoms with Gasteiger partial charge in [-0.25, -0.2) is 0 Å². The molecule has 2 aromatic heterocycles. The van der Waals surface area contributed by atoms with Crippen LogP contribution in [-0.2, 0) is 11.2 Å². The van der Waals surface area contributed by atoms with Crippen LogP contribution in [0.15, 0.2) is 24.8 Å². The number of ether oxygens (including phenoxy) is 1. The normalized spacial score (nSPS) is 15.5. The van der Waals surface area contributed by atoms with Crippen molar-refractivity contribution in [1.82, 2.24) is 24.6 Å². The van der Waals surface area contributed by atoms with Crippen LogP contribution in [0.25, 0.3) is 0 Å². The molecule has 24 heavy (non-hydrogen) atoms. The minimum absolute atomic E-state index is 0.0276. The van der Waals surface area contributed by atoms with E-state index in [4.69, 9.17) is 4.74 Å². The number of pyridine rings is 1. The molecule has 1 aliphatic heterocycles. The molecule has 1 aliphatic rings. The molecule has 0 bridgehead atoms. The number of piperidine rings is 1. The van der Waals surface area contributed by atoms with Crippen molar-refractivity contribution in [2.45, 2.75) is 39.2 Å². The number of carbonyl (C=O) groups excluding carboxylic acids is 1. The second-order valence-corrected chi connectivity index (χ2v) is 6.06. The molecule has 1 amide bonds. The van der Waals surface area contributed by atoms with Gasteiger partial charge in [-0.05, 0) is 38.3 Å². The third kappa shape index (κ3) is 3.72. The number of rotatable bonds is 5. The fourth-order valence-corrected chi connectivity index (χ4v) is 3.02. The van der Waals surface area contributed by atoms with E-state index >= 15 is 0 Å². The summed E-state index contributed by atoms with van der Waals surface area (Å²) >= 11 is 0. The van der Waals surface area contributed by atoms with Crippen molar-refractivity contribution in [3.05, 3.63) is 36.2 Å². The molecule has 0 aromatic carbocycles. The Morgan fingerprint density at radius 1 is 1.25 bits per heavy atom. The average molecular weight is 329 g/mol. The summed E-state index contributed by atoms with van der Waals surface area (Å²) in [5.41, 5.74) is 1.86. The van der Waals surface area contributed by atoms with Gasteiger partial charge < -0.3 is 14.2 Å². The number of carbonyl (C=O) groups is 1. The van der Waals surface area contributed by atoms with Crippen LogP contribution in [0, 0.1) is 6.92 Å². The van der Waals surface area contributed by atoms with Gasteiger partial charge in [0.15, 0.2) is 6.61 Å². The summed E-state index contributed by atoms with van der Waals surface area (Å²) in [7, 11) is 0. The first-order valence-corrected chi connectivity index (χ1v) is 8.38. The van der Waals surface area contributed by atoms with E-state index < -0.39 is 0 Å². The maximum absolute atomic E-state index is 12.4. The van der Waals surface area contributed by atoms with Gasteiger partial charge in [0.05, 0.1) is 5.69 Å². The molecular formula is C17H23N5O2. The van der Waals surface area contributed by atoms with E-state index in [1.165, 1.54) is 0 Å². The lowest BCUT2D eigenvalue weighted by Crippen LogP contribution is -2.41. The van der Waals surface area contributed by atoms with Crippen molar-refractivity contribution >= 4 is 5.91 Å². The summed E-state index contributed by atoms with van der Waals surface area (Å²) < 4.78 is 7.74. The zero-order valence-corrected chi connectivity index (χ0v) is 14.2. The molecule has 1 saturated heterocycles. The maximum atomic E-state index is 12.4. The van der Waals surface area contributed by atoms with E-state index in [1.54, 1.807) is 12.7 Å². The number of hydrogen-bond acceptors (Lipinski definition) is 5. The molecule has 0 atom stereocenters. The topological polar surface area (TPSA) is 73.1 Å². The van der Waals surface area contributed by atoms with Crippen LogP contribution in [-0.4, -0.2) is 50.3 Å². The summed E-state index contributed by atoms with van der Waals surface area (Å²) in [6.45, 7) is 5.52. The zero-order chi connectivity index (χ0) is 16.9. The summed E-state index contributed by atoms with van der Waals surface area (Å²) in [5.74, 6) is 0.732. The monoisotopic (exact) mass is 329 g/mol. The predicted octanol–water partition coefficient (Wildman–Crippen LogP) is 1.79. The second kappa shape index (κ2) is 7.42. The van der Waals surface area contributed by atoms with E-state index in [0.717, 1.165) is 43.7 Å². The van der Waals surface area contributed by atoms with Gasteiger partial charge in [0.1, 0.15) is 18.4 Å². The highest BCUT2D eigenvalue weighted by Gasteiger charge is 2.24. The van der Waals surface area contributed by atoms with Crippen molar-refractivity contribution in [2.24, 2.45) is 0 Å². The Morgan fingerprint density at radius 3 is 2.62 bits per heavy atom. The highest BCUT2D eigenvalue weighted by molar-refractivity contribution is 5.77. The molecule has 2 aromatic rings. The first-order chi connectivity index (χ1) is 11.7. The predicted molar refractivity (Wildman–Crippen MR) is 88.7 cm³/mol. The van der Waals surface area contributed by atoms with Crippen LogP contribution < -0.4 is 4.74 Å². The molecule has 0 saturated carbocycles. The number of amides is 1. The van der Waals surface area contributed by atoms with Gasteiger partial charge in [0, 0.05) is 24.8 Å². The molecule has 1 fully saturated rings. The van der Waals surface area contributed by atoms with Crippen molar-refractivity contribution in [2.75, 3.05) is 19.7 Å². The summed E-state index contributed by atoms with van der Waals surface area (Å²) in [6.07, 6.45) is 6.09. The molecule has 3 heterocycles. The van der Waals surface area contributed by atoms with Crippen LogP contribution in [0.2, 0.25) is 0 Å². The third-order valence-corrected chi connectivity index (χ3v) is 4.43. The number of hydrogen-bond donors (Lipinski definition) is 0. The van der Waals surface area contributed by atoms with Gasteiger partial charge in [0.25, 0.3) is 5.91 Å². The molecule has 3 rings (SSSR count). The molecule has 0 radical (unpaired) electrons. The molecule has 7 heteroatoms. The molecule has 0 N–H and O–H groups in total. The third-order valence-electron chi connectivity index (χ3n) is 4.43. The van der Waals surface area contributed by atoms with Crippen LogP contribution in [0.5, 0.6) is 5.75 Å². The highest BCUT2D eigenvalue weighted by Crippen LogP contribution is 2.22. The van der Waals surface area contributed by atoms with Gasteiger partial charge in [-0.1, -0.05) is 6.92 Å². The van der Waals surface area contributed by atoms with E-state index in [2.05, 4.69) is 15.2 Å². The van der Waals surface area contributed by atoms with Gasteiger partial charge in [-0.3, -0.25) is 9.78 Å². The highest BCUT2D eigenvalue weighted by atomic mass is 16.5. The lowest BCUT2D eigenvalue weighted by Gasteiger charge is -2.32. The average Bonchev–Trinajstić information content (AvgIpc) is 3.15. The van der Waals surface area contributed by atoms with Gasteiger partial charge in [0.2, 0.25) is 0 Å². The lowest BCUT2D eigenvalue weighted by molar-refractivity contribution is -0.134. The van der Waals surface area contributed by atoms with Crippen LogP contribution in [0.4, 0.5) is 0 Å². The van der Waals surface area contributed by atoms with E-state index in [1.807, 2.05) is 35.4 Å². The largest absolute Gasteiger partial charge is 0.482 e. The smallest absolute Gasteiger partial charge is 0.260 e. The van der Waals surface area contributed by atoms with Crippen molar-refractivity contribution in [3.63, 3.8) is 0 Å². The molecule has 0 unspecified atom stereocenters. The van der Waals surface area contributed by atoms with Crippen LogP contribution >= 0.6 is 0 Å². The molecular weight excluding hydrogens is 306 g/mol. The van der Waals surface area contributed by atoms with Crippen LogP contribution in [0.1, 0.15) is 37.2 Å².